The Bertz CT molecular complexity index is 226. The van der Waals surface area contributed by atoms with Gasteiger partial charge in [0.05, 0.1) is 6.61 Å². The lowest BCUT2D eigenvalue weighted by atomic mass is 10.2. The van der Waals surface area contributed by atoms with E-state index in [1.165, 1.54) is 5.56 Å². The Morgan fingerprint density at radius 1 is 1.29 bits per heavy atom. The van der Waals surface area contributed by atoms with Crippen molar-refractivity contribution < 1.29 is 9.84 Å². The minimum atomic E-state index is -0.0391. The van der Waals surface area contributed by atoms with Crippen LogP contribution in [-0.2, 0) is 16.3 Å². The van der Waals surface area contributed by atoms with E-state index in [9.17, 15) is 5.11 Å². The van der Waals surface area contributed by atoms with E-state index in [-0.39, 0.29) is 6.61 Å². The summed E-state index contributed by atoms with van der Waals surface area (Å²) in [6.07, 6.45) is 6.24. The second kappa shape index (κ2) is 7.47. The molecule has 0 fully saturated rings. The molecule has 0 saturated carbocycles. The monoisotopic (exact) mass is 194 g/mol. The van der Waals surface area contributed by atoms with Crippen LogP contribution in [0.4, 0.5) is 0 Å². The van der Waals surface area contributed by atoms with Crippen LogP contribution < -0.4 is 0 Å². The van der Waals surface area contributed by atoms with E-state index in [2.05, 4.69) is 11.1 Å². The standard InChI is InChI=1S/C11H16NO2/c13-7-3-9-14-8-2-5-11-4-1-6-12-10-11/h1,4,6,10H,2-3,5,7-9H2. The third kappa shape index (κ3) is 4.94. The van der Waals surface area contributed by atoms with Crippen molar-refractivity contribution in [3.63, 3.8) is 0 Å². The van der Waals surface area contributed by atoms with Crippen LogP contribution in [0.15, 0.2) is 24.5 Å². The molecule has 1 heterocycles. The van der Waals surface area contributed by atoms with Crippen LogP contribution in [0.25, 0.3) is 0 Å². The number of hydrogen-bond acceptors (Lipinski definition) is 2. The topological polar surface area (TPSA) is 42.0 Å². The van der Waals surface area contributed by atoms with Gasteiger partial charge in [0, 0.05) is 25.6 Å². The summed E-state index contributed by atoms with van der Waals surface area (Å²) in [5.41, 5.74) is 1.24. The van der Waals surface area contributed by atoms with Gasteiger partial charge in [0.2, 0.25) is 0 Å². The molecule has 3 heteroatoms. The fourth-order valence-electron chi connectivity index (χ4n) is 1.19. The second-order valence-corrected chi connectivity index (χ2v) is 3.13. The molecule has 0 aromatic carbocycles. The average molecular weight is 194 g/mol. The zero-order valence-electron chi connectivity index (χ0n) is 8.32. The smallest absolute Gasteiger partial charge is 0.0844 e. The van der Waals surface area contributed by atoms with Gasteiger partial charge in [0.15, 0.2) is 0 Å². The van der Waals surface area contributed by atoms with Crippen LogP contribution in [0, 0.1) is 0 Å². The maximum Gasteiger partial charge on any atom is 0.0844 e. The van der Waals surface area contributed by atoms with Gasteiger partial charge in [0.25, 0.3) is 0 Å². The maximum atomic E-state index is 10.1. The molecule has 0 spiro atoms. The van der Waals surface area contributed by atoms with Crippen LogP contribution in [-0.4, -0.2) is 24.8 Å². The van der Waals surface area contributed by atoms with Crippen molar-refractivity contribution in [2.75, 3.05) is 19.8 Å². The molecule has 77 valence electrons. The molecule has 1 rings (SSSR count). The molecular formula is C11H16NO2. The summed E-state index contributed by atoms with van der Waals surface area (Å²) in [4.78, 5) is 4.03. The lowest BCUT2D eigenvalue weighted by Crippen LogP contribution is -2.00. The Labute approximate surface area is 84.7 Å². The number of nitrogens with zero attached hydrogens (tertiary/aromatic N) is 1. The summed E-state index contributed by atoms with van der Waals surface area (Å²) in [5, 5.41) is 10.1. The van der Waals surface area contributed by atoms with Gasteiger partial charge < -0.3 is 4.74 Å². The molecule has 0 aliphatic rings. The fourth-order valence-corrected chi connectivity index (χ4v) is 1.19. The molecule has 1 aromatic rings. The van der Waals surface area contributed by atoms with E-state index < -0.39 is 0 Å². The molecule has 0 bridgehead atoms. The Hall–Kier alpha value is -0.930. The number of hydrogen-bond donors (Lipinski definition) is 0. The van der Waals surface area contributed by atoms with Crippen LogP contribution in [0.3, 0.4) is 0 Å². The van der Waals surface area contributed by atoms with Gasteiger partial charge in [-0.05, 0) is 30.9 Å². The van der Waals surface area contributed by atoms with Gasteiger partial charge in [0.1, 0.15) is 0 Å². The highest BCUT2D eigenvalue weighted by molar-refractivity contribution is 5.08. The van der Waals surface area contributed by atoms with Crippen molar-refractivity contribution in [3.05, 3.63) is 30.1 Å². The molecule has 0 amide bonds. The minimum Gasteiger partial charge on any atom is -0.381 e. The van der Waals surface area contributed by atoms with E-state index in [4.69, 9.17) is 4.74 Å². The molecule has 3 nitrogen and oxygen atoms in total. The first-order valence-electron chi connectivity index (χ1n) is 4.98. The fraction of sp³-hybridized carbons (Fsp3) is 0.545. The normalized spacial score (nSPS) is 10.4. The molecule has 14 heavy (non-hydrogen) atoms. The molecule has 0 atom stereocenters. The molecule has 0 N–H and O–H groups in total. The van der Waals surface area contributed by atoms with E-state index in [0.717, 1.165) is 19.4 Å². The SMILES string of the molecule is [O]CCCOCCCc1cccnc1. The third-order valence-electron chi connectivity index (χ3n) is 1.91. The molecule has 0 unspecified atom stereocenters. The lowest BCUT2D eigenvalue weighted by Gasteiger charge is -2.02. The predicted molar refractivity (Wildman–Crippen MR) is 53.5 cm³/mol. The number of aryl methyl sites for hydroxylation is 1. The molecular weight excluding hydrogens is 178 g/mol. The highest BCUT2D eigenvalue weighted by Crippen LogP contribution is 2.00. The van der Waals surface area contributed by atoms with Gasteiger partial charge >= 0.3 is 0 Å². The molecule has 1 aromatic heterocycles. The van der Waals surface area contributed by atoms with Gasteiger partial charge in [-0.3, -0.25) is 4.98 Å². The summed E-state index contributed by atoms with van der Waals surface area (Å²) in [6.45, 7) is 1.29. The summed E-state index contributed by atoms with van der Waals surface area (Å²) in [7, 11) is 0. The zero-order valence-corrected chi connectivity index (χ0v) is 8.32. The molecule has 0 saturated heterocycles. The van der Waals surface area contributed by atoms with E-state index in [1.54, 1.807) is 6.20 Å². The number of aromatic nitrogens is 1. The minimum absolute atomic E-state index is 0.0391. The van der Waals surface area contributed by atoms with Crippen LogP contribution in [0.2, 0.25) is 0 Å². The summed E-state index contributed by atoms with van der Waals surface area (Å²) >= 11 is 0. The Balaban J connectivity index is 1.99. The van der Waals surface area contributed by atoms with E-state index >= 15 is 0 Å². The molecule has 0 aliphatic heterocycles. The Kier molecular flexibility index (Phi) is 5.95. The van der Waals surface area contributed by atoms with Gasteiger partial charge in [-0.25, -0.2) is 5.11 Å². The first kappa shape index (κ1) is 11.1. The predicted octanol–water partition coefficient (Wildman–Crippen LogP) is 1.85. The van der Waals surface area contributed by atoms with Crippen molar-refractivity contribution >= 4 is 0 Å². The van der Waals surface area contributed by atoms with Crippen molar-refractivity contribution in [1.82, 2.24) is 4.98 Å². The van der Waals surface area contributed by atoms with Crippen molar-refractivity contribution in [1.29, 1.82) is 0 Å². The quantitative estimate of drug-likeness (QED) is 0.622. The van der Waals surface area contributed by atoms with Gasteiger partial charge in [-0.1, -0.05) is 6.07 Å². The van der Waals surface area contributed by atoms with Crippen LogP contribution in [0.1, 0.15) is 18.4 Å². The Morgan fingerprint density at radius 3 is 2.86 bits per heavy atom. The number of rotatable bonds is 7. The largest absolute Gasteiger partial charge is 0.381 e. The van der Waals surface area contributed by atoms with Crippen molar-refractivity contribution in [2.45, 2.75) is 19.3 Å². The van der Waals surface area contributed by atoms with E-state index in [0.29, 0.717) is 13.0 Å². The van der Waals surface area contributed by atoms with Gasteiger partial charge in [-0.2, -0.15) is 0 Å². The third-order valence-corrected chi connectivity index (χ3v) is 1.91. The highest BCUT2D eigenvalue weighted by atomic mass is 16.5. The first-order chi connectivity index (χ1) is 6.93. The average Bonchev–Trinajstić information content (AvgIpc) is 2.25. The first-order valence-corrected chi connectivity index (χ1v) is 4.98. The summed E-state index contributed by atoms with van der Waals surface area (Å²) < 4.78 is 5.28. The van der Waals surface area contributed by atoms with Crippen molar-refractivity contribution in [2.24, 2.45) is 0 Å². The lowest BCUT2D eigenvalue weighted by molar-refractivity contribution is 0.0976. The Morgan fingerprint density at radius 2 is 2.14 bits per heavy atom. The van der Waals surface area contributed by atoms with Crippen LogP contribution >= 0.6 is 0 Å². The van der Waals surface area contributed by atoms with E-state index in [1.807, 2.05) is 12.3 Å². The molecule has 1 radical (unpaired) electrons. The zero-order chi connectivity index (χ0) is 10.1. The molecule has 0 aliphatic carbocycles. The summed E-state index contributed by atoms with van der Waals surface area (Å²) in [6, 6.07) is 4.00. The second-order valence-electron chi connectivity index (χ2n) is 3.13. The highest BCUT2D eigenvalue weighted by Gasteiger charge is 1.92. The number of ether oxygens (including phenoxy) is 1. The number of pyridine rings is 1. The summed E-state index contributed by atoms with van der Waals surface area (Å²) in [5.74, 6) is 0. The maximum absolute atomic E-state index is 10.1. The van der Waals surface area contributed by atoms with Crippen molar-refractivity contribution in [3.8, 4) is 0 Å². The van der Waals surface area contributed by atoms with Gasteiger partial charge in [-0.15, -0.1) is 0 Å². The van der Waals surface area contributed by atoms with Crippen LogP contribution in [0.5, 0.6) is 0 Å².